The molecular formula is C18H36N2O2. The van der Waals surface area contributed by atoms with Gasteiger partial charge in [0.25, 0.3) is 0 Å². The highest BCUT2D eigenvalue weighted by Gasteiger charge is 2.23. The summed E-state index contributed by atoms with van der Waals surface area (Å²) in [6, 6.07) is 0.953. The summed E-state index contributed by atoms with van der Waals surface area (Å²) in [7, 11) is 0. The topological polar surface area (TPSA) is 50.4 Å². The molecule has 0 saturated heterocycles. The fourth-order valence-electron chi connectivity index (χ4n) is 3.26. The van der Waals surface area contributed by atoms with Crippen LogP contribution in [0.15, 0.2) is 0 Å². The van der Waals surface area contributed by atoms with Crippen LogP contribution in [0.4, 0.5) is 4.79 Å². The molecule has 1 amide bonds. The number of hydrogen-bond donors (Lipinski definition) is 2. The molecule has 3 atom stereocenters. The summed E-state index contributed by atoms with van der Waals surface area (Å²) >= 11 is 0. The Kier molecular flexibility index (Phi) is 8.23. The molecule has 0 aromatic carbocycles. The quantitative estimate of drug-likeness (QED) is 0.739. The molecule has 0 spiro atoms. The standard InChI is InChI=1S/C18H36N2O2/c1-6-9-16(13-19-17(21)22-18(3,4)5)20-15-11-8-10-14(7-2)12-15/h14-16,20H,6-13H2,1-5H3,(H,19,21). The molecule has 1 aliphatic carbocycles. The van der Waals surface area contributed by atoms with E-state index in [-0.39, 0.29) is 6.09 Å². The molecule has 0 radical (unpaired) electrons. The molecule has 3 unspecified atom stereocenters. The molecule has 130 valence electrons. The lowest BCUT2D eigenvalue weighted by molar-refractivity contribution is 0.0520. The van der Waals surface area contributed by atoms with Crippen LogP contribution in [0, 0.1) is 5.92 Å². The van der Waals surface area contributed by atoms with Gasteiger partial charge in [0.05, 0.1) is 0 Å². The molecule has 0 bridgehead atoms. The Morgan fingerprint density at radius 2 is 2.00 bits per heavy atom. The van der Waals surface area contributed by atoms with Crippen molar-refractivity contribution >= 4 is 6.09 Å². The summed E-state index contributed by atoms with van der Waals surface area (Å²) in [5.41, 5.74) is -0.435. The van der Waals surface area contributed by atoms with Crippen molar-refractivity contribution in [2.45, 2.75) is 97.2 Å². The van der Waals surface area contributed by atoms with Crippen LogP contribution in [-0.2, 0) is 4.74 Å². The van der Waals surface area contributed by atoms with E-state index >= 15 is 0 Å². The molecule has 1 aliphatic rings. The van der Waals surface area contributed by atoms with E-state index in [0.29, 0.717) is 18.6 Å². The molecule has 1 rings (SSSR count). The lowest BCUT2D eigenvalue weighted by Crippen LogP contribution is -2.47. The Bertz CT molecular complexity index is 326. The second kappa shape index (κ2) is 9.39. The molecule has 0 aliphatic heterocycles. The summed E-state index contributed by atoms with van der Waals surface area (Å²) in [5.74, 6) is 0.868. The van der Waals surface area contributed by atoms with Gasteiger partial charge in [-0.15, -0.1) is 0 Å². The first-order valence-electron chi connectivity index (χ1n) is 9.07. The molecule has 22 heavy (non-hydrogen) atoms. The Hall–Kier alpha value is -0.770. The van der Waals surface area contributed by atoms with E-state index in [1.165, 1.54) is 32.1 Å². The van der Waals surface area contributed by atoms with Crippen molar-refractivity contribution in [2.24, 2.45) is 5.92 Å². The van der Waals surface area contributed by atoms with Crippen molar-refractivity contribution in [1.29, 1.82) is 0 Å². The number of hydrogen-bond acceptors (Lipinski definition) is 3. The summed E-state index contributed by atoms with van der Waals surface area (Å²) in [4.78, 5) is 11.8. The molecule has 0 aromatic heterocycles. The maximum absolute atomic E-state index is 11.8. The lowest BCUT2D eigenvalue weighted by Gasteiger charge is -2.32. The second-order valence-electron chi connectivity index (χ2n) is 7.67. The van der Waals surface area contributed by atoms with E-state index in [4.69, 9.17) is 4.74 Å². The normalized spacial score (nSPS) is 23.9. The molecule has 0 aromatic rings. The minimum atomic E-state index is -0.435. The van der Waals surface area contributed by atoms with Crippen molar-refractivity contribution < 1.29 is 9.53 Å². The average Bonchev–Trinajstić information content (AvgIpc) is 2.43. The van der Waals surface area contributed by atoms with Gasteiger partial charge < -0.3 is 15.4 Å². The Labute approximate surface area is 136 Å². The van der Waals surface area contributed by atoms with E-state index in [9.17, 15) is 4.79 Å². The van der Waals surface area contributed by atoms with Gasteiger partial charge in [-0.1, -0.05) is 39.5 Å². The number of amides is 1. The maximum Gasteiger partial charge on any atom is 0.407 e. The van der Waals surface area contributed by atoms with Gasteiger partial charge >= 0.3 is 6.09 Å². The van der Waals surface area contributed by atoms with E-state index in [0.717, 1.165) is 18.8 Å². The van der Waals surface area contributed by atoms with Gasteiger partial charge in [0.1, 0.15) is 5.60 Å². The lowest BCUT2D eigenvalue weighted by atomic mass is 9.84. The first kappa shape index (κ1) is 19.3. The molecular weight excluding hydrogens is 276 g/mol. The predicted molar refractivity (Wildman–Crippen MR) is 92.1 cm³/mol. The minimum Gasteiger partial charge on any atom is -0.444 e. The van der Waals surface area contributed by atoms with Crippen molar-refractivity contribution in [2.75, 3.05) is 6.54 Å². The van der Waals surface area contributed by atoms with Crippen molar-refractivity contribution in [3.05, 3.63) is 0 Å². The Morgan fingerprint density at radius 3 is 2.59 bits per heavy atom. The molecule has 1 saturated carbocycles. The van der Waals surface area contributed by atoms with Crippen LogP contribution in [0.2, 0.25) is 0 Å². The van der Waals surface area contributed by atoms with Crippen LogP contribution in [0.3, 0.4) is 0 Å². The number of nitrogens with one attached hydrogen (secondary N) is 2. The molecule has 4 heteroatoms. The highest BCUT2D eigenvalue weighted by molar-refractivity contribution is 5.67. The second-order valence-corrected chi connectivity index (χ2v) is 7.67. The summed E-state index contributed by atoms with van der Waals surface area (Å²) in [6.07, 6.45) is 8.43. The number of alkyl carbamates (subject to hydrolysis) is 1. The van der Waals surface area contributed by atoms with Gasteiger partial charge in [-0.05, 0) is 46.0 Å². The number of rotatable bonds is 7. The third kappa shape index (κ3) is 8.02. The first-order valence-corrected chi connectivity index (χ1v) is 9.07. The van der Waals surface area contributed by atoms with Gasteiger partial charge in [-0.2, -0.15) is 0 Å². The smallest absolute Gasteiger partial charge is 0.407 e. The van der Waals surface area contributed by atoms with Gasteiger partial charge in [0.15, 0.2) is 0 Å². The zero-order valence-electron chi connectivity index (χ0n) is 15.2. The fraction of sp³-hybridized carbons (Fsp3) is 0.944. The number of carbonyl (C=O) groups excluding carboxylic acids is 1. The van der Waals surface area contributed by atoms with E-state index in [1.54, 1.807) is 0 Å². The van der Waals surface area contributed by atoms with Gasteiger partial charge in [-0.25, -0.2) is 4.79 Å². The Morgan fingerprint density at radius 1 is 1.27 bits per heavy atom. The van der Waals surface area contributed by atoms with Crippen LogP contribution in [0.1, 0.15) is 79.6 Å². The summed E-state index contributed by atoms with van der Waals surface area (Å²) in [6.45, 7) is 10.8. The monoisotopic (exact) mass is 312 g/mol. The molecule has 4 nitrogen and oxygen atoms in total. The van der Waals surface area contributed by atoms with Gasteiger partial charge in [0, 0.05) is 18.6 Å². The predicted octanol–water partition coefficient (Wildman–Crippen LogP) is 4.24. The maximum atomic E-state index is 11.8. The molecule has 0 heterocycles. The van der Waals surface area contributed by atoms with Crippen LogP contribution < -0.4 is 10.6 Å². The number of carbonyl (C=O) groups is 1. The van der Waals surface area contributed by atoms with Crippen molar-refractivity contribution in [1.82, 2.24) is 10.6 Å². The minimum absolute atomic E-state index is 0.314. The highest BCUT2D eigenvalue weighted by atomic mass is 16.6. The highest BCUT2D eigenvalue weighted by Crippen LogP contribution is 2.26. The van der Waals surface area contributed by atoms with Crippen LogP contribution in [0.5, 0.6) is 0 Å². The van der Waals surface area contributed by atoms with Crippen LogP contribution in [-0.4, -0.2) is 30.3 Å². The van der Waals surface area contributed by atoms with E-state index < -0.39 is 5.60 Å². The summed E-state index contributed by atoms with van der Waals surface area (Å²) < 4.78 is 5.31. The van der Waals surface area contributed by atoms with Crippen LogP contribution >= 0.6 is 0 Å². The molecule has 2 N–H and O–H groups in total. The zero-order valence-corrected chi connectivity index (χ0v) is 15.2. The van der Waals surface area contributed by atoms with Crippen molar-refractivity contribution in [3.8, 4) is 0 Å². The van der Waals surface area contributed by atoms with Gasteiger partial charge in [-0.3, -0.25) is 0 Å². The third-order valence-electron chi connectivity index (χ3n) is 4.36. The van der Waals surface area contributed by atoms with Crippen molar-refractivity contribution in [3.63, 3.8) is 0 Å². The largest absolute Gasteiger partial charge is 0.444 e. The third-order valence-corrected chi connectivity index (χ3v) is 4.36. The first-order chi connectivity index (χ1) is 10.3. The zero-order chi connectivity index (χ0) is 16.6. The molecule has 1 fully saturated rings. The fourth-order valence-corrected chi connectivity index (χ4v) is 3.26. The SMILES string of the molecule is CCCC(CNC(=O)OC(C)(C)C)NC1CCCC(CC)C1. The summed E-state index contributed by atoms with van der Waals surface area (Å²) in [5, 5.41) is 6.68. The number of ether oxygens (including phenoxy) is 1. The average molecular weight is 312 g/mol. The van der Waals surface area contributed by atoms with E-state index in [2.05, 4.69) is 24.5 Å². The van der Waals surface area contributed by atoms with Crippen LogP contribution in [0.25, 0.3) is 0 Å². The van der Waals surface area contributed by atoms with Gasteiger partial charge in [0.2, 0.25) is 0 Å². The van der Waals surface area contributed by atoms with E-state index in [1.807, 2.05) is 20.8 Å². The Balaban J connectivity index is 2.39.